The highest BCUT2D eigenvalue weighted by Gasteiger charge is 2.42. The largest absolute Gasteiger partial charge is 0.0642 e. The molecule has 0 amide bonds. The van der Waals surface area contributed by atoms with Crippen molar-refractivity contribution in [1.82, 2.24) is 0 Å². The third-order valence-electron chi connectivity index (χ3n) is 15.3. The molecule has 11 rings (SSSR count). The van der Waals surface area contributed by atoms with E-state index in [-0.39, 0.29) is 16.2 Å². The van der Waals surface area contributed by atoms with Gasteiger partial charge >= 0.3 is 0 Å². The normalized spacial score (nSPS) is 14.8. The van der Waals surface area contributed by atoms with Crippen molar-refractivity contribution in [3.8, 4) is 55.6 Å². The van der Waals surface area contributed by atoms with Crippen LogP contribution in [-0.2, 0) is 16.2 Å². The van der Waals surface area contributed by atoms with Crippen molar-refractivity contribution >= 4 is 32.3 Å². The second-order valence-electron chi connectivity index (χ2n) is 18.9. The van der Waals surface area contributed by atoms with Crippen LogP contribution < -0.4 is 0 Å². The molecule has 0 aromatic heterocycles. The van der Waals surface area contributed by atoms with Gasteiger partial charge in [0.05, 0.1) is 0 Å². The first-order chi connectivity index (χ1) is 29.1. The molecule has 0 bridgehead atoms. The summed E-state index contributed by atoms with van der Waals surface area (Å²) in [6.45, 7) is 16.4. The van der Waals surface area contributed by atoms with Crippen LogP contribution in [0.1, 0.15) is 102 Å². The van der Waals surface area contributed by atoms with Crippen LogP contribution in [0.2, 0.25) is 0 Å². The van der Waals surface area contributed by atoms with Crippen LogP contribution >= 0.6 is 0 Å². The van der Waals surface area contributed by atoms with Crippen LogP contribution in [0.5, 0.6) is 0 Å². The monoisotopic (exact) mass is 774 g/mol. The van der Waals surface area contributed by atoms with Gasteiger partial charge in [-0.05, 0) is 171 Å². The van der Waals surface area contributed by atoms with Gasteiger partial charge in [0.2, 0.25) is 0 Å². The van der Waals surface area contributed by atoms with Gasteiger partial charge in [-0.25, -0.2) is 0 Å². The smallest absolute Gasteiger partial charge is 0.0210 e. The highest BCUT2D eigenvalue weighted by molar-refractivity contribution is 6.25. The fourth-order valence-corrected chi connectivity index (χ4v) is 11.9. The van der Waals surface area contributed by atoms with Crippen LogP contribution in [-0.4, -0.2) is 0 Å². The van der Waals surface area contributed by atoms with E-state index in [0.29, 0.717) is 0 Å². The van der Waals surface area contributed by atoms with Gasteiger partial charge in [0.1, 0.15) is 0 Å². The highest BCUT2D eigenvalue weighted by atomic mass is 14.5. The van der Waals surface area contributed by atoms with Crippen LogP contribution in [0.25, 0.3) is 88.0 Å². The summed E-state index contributed by atoms with van der Waals surface area (Å²) in [6, 6.07) is 59.1. The fourth-order valence-electron chi connectivity index (χ4n) is 11.9. The molecular weight excluding hydrogens is 721 g/mol. The Labute approximate surface area is 356 Å². The summed E-state index contributed by atoms with van der Waals surface area (Å²) in [5, 5.41) is 8.04. The predicted octanol–water partition coefficient (Wildman–Crippen LogP) is 17.1. The Bertz CT molecular complexity index is 3150. The Kier molecular flexibility index (Phi) is 8.19. The van der Waals surface area contributed by atoms with Gasteiger partial charge < -0.3 is 0 Å². The molecule has 9 aromatic carbocycles. The molecule has 0 fully saturated rings. The lowest BCUT2D eigenvalue weighted by atomic mass is 9.72. The third kappa shape index (κ3) is 5.10. The van der Waals surface area contributed by atoms with Crippen molar-refractivity contribution in [2.45, 2.75) is 90.4 Å². The van der Waals surface area contributed by atoms with E-state index in [0.717, 1.165) is 25.7 Å². The first kappa shape index (κ1) is 37.1. The summed E-state index contributed by atoms with van der Waals surface area (Å²) in [7, 11) is 0. The lowest BCUT2D eigenvalue weighted by Gasteiger charge is -2.31. The highest BCUT2D eigenvalue weighted by Crippen LogP contribution is 2.56. The van der Waals surface area contributed by atoms with Crippen LogP contribution in [0.3, 0.4) is 0 Å². The summed E-state index contributed by atoms with van der Waals surface area (Å²) < 4.78 is 0. The average Bonchev–Trinajstić information content (AvgIpc) is 3.73. The lowest BCUT2D eigenvalue weighted by Crippen LogP contribution is -2.23. The third-order valence-corrected chi connectivity index (χ3v) is 15.3. The Morgan fingerprint density at radius 3 is 1.37 bits per heavy atom. The van der Waals surface area contributed by atoms with Gasteiger partial charge in [-0.1, -0.05) is 176 Å². The molecule has 2 aliphatic carbocycles. The zero-order valence-electron chi connectivity index (χ0n) is 36.3. The van der Waals surface area contributed by atoms with Crippen molar-refractivity contribution < 1.29 is 0 Å². The van der Waals surface area contributed by atoms with Gasteiger partial charge in [-0.2, -0.15) is 0 Å². The second kappa shape index (κ2) is 13.3. The Balaban J connectivity index is 0.984. The SMILES string of the molecule is CCC1(CC)c2ccccc2-c2ccc(-c3ccc4c(c3)C(CC)(CC)c3cc(-c5cccc(-c6ccc7ccc8cc(C(C)(C)C)cc9ccc6c7c89)c5)ccc3-4)cc21. The first-order valence-electron chi connectivity index (χ1n) is 22.5. The quantitative estimate of drug-likeness (QED) is 0.142. The van der Waals surface area contributed by atoms with E-state index in [9.17, 15) is 0 Å². The number of hydrogen-bond acceptors (Lipinski definition) is 0. The molecule has 9 aromatic rings. The van der Waals surface area contributed by atoms with E-state index < -0.39 is 0 Å². The van der Waals surface area contributed by atoms with Gasteiger partial charge in [0.15, 0.2) is 0 Å². The Morgan fingerprint density at radius 2 is 0.800 bits per heavy atom. The maximum Gasteiger partial charge on any atom is 0.0210 e. The molecule has 0 radical (unpaired) electrons. The number of rotatable bonds is 7. The molecule has 0 aliphatic heterocycles. The van der Waals surface area contributed by atoms with E-state index in [1.165, 1.54) is 116 Å². The minimum absolute atomic E-state index is 0.0449. The summed E-state index contributed by atoms with van der Waals surface area (Å²) in [5.41, 5.74) is 20.8. The van der Waals surface area contributed by atoms with Gasteiger partial charge in [0.25, 0.3) is 0 Å². The molecule has 294 valence electrons. The zero-order chi connectivity index (χ0) is 41.1. The molecule has 0 heteroatoms. The van der Waals surface area contributed by atoms with Crippen LogP contribution in [0.15, 0.2) is 152 Å². The maximum absolute atomic E-state index is 2.55. The summed E-state index contributed by atoms with van der Waals surface area (Å²) in [6.07, 6.45) is 4.33. The van der Waals surface area contributed by atoms with Gasteiger partial charge in [0, 0.05) is 10.8 Å². The van der Waals surface area contributed by atoms with Crippen molar-refractivity contribution in [2.75, 3.05) is 0 Å². The molecule has 0 heterocycles. The van der Waals surface area contributed by atoms with Crippen molar-refractivity contribution in [3.63, 3.8) is 0 Å². The van der Waals surface area contributed by atoms with Crippen molar-refractivity contribution in [1.29, 1.82) is 0 Å². The molecule has 0 saturated carbocycles. The number of hydrogen-bond donors (Lipinski definition) is 0. The number of fused-ring (bicyclic) bond motifs is 6. The van der Waals surface area contributed by atoms with Crippen LogP contribution in [0, 0.1) is 0 Å². The molecule has 0 saturated heterocycles. The number of benzene rings is 9. The maximum atomic E-state index is 2.55. The van der Waals surface area contributed by atoms with E-state index in [1.807, 2.05) is 0 Å². The van der Waals surface area contributed by atoms with E-state index in [2.05, 4.69) is 200 Å². The predicted molar refractivity (Wildman–Crippen MR) is 259 cm³/mol. The Hall–Kier alpha value is -5.98. The molecule has 2 aliphatic rings. The molecule has 60 heavy (non-hydrogen) atoms. The lowest BCUT2D eigenvalue weighted by molar-refractivity contribution is 0.490. The standard InChI is InChI=1S/C60H54/c1-8-59(9-2)52-18-13-12-17-47(52)48-27-23-40(35-53(48)59)41-24-29-50-49-28-22-39(34-54(49)60(10-3,11-4)55(50)36-41)38-15-14-16-42(31-38)46-26-21-37-19-20-43-32-45(58(5,6)7)33-44-25-30-51(46)57(37)56(43)44/h12-36H,8-11H2,1-7H3. The molecule has 0 N–H and O–H groups in total. The summed E-state index contributed by atoms with van der Waals surface area (Å²) >= 11 is 0. The van der Waals surface area contributed by atoms with Crippen LogP contribution in [0.4, 0.5) is 0 Å². The molecule has 0 spiro atoms. The molecule has 0 nitrogen and oxygen atoms in total. The van der Waals surface area contributed by atoms with Crippen molar-refractivity contribution in [2.24, 2.45) is 0 Å². The minimum atomic E-state index is -0.0449. The minimum Gasteiger partial charge on any atom is -0.0642 e. The summed E-state index contributed by atoms with van der Waals surface area (Å²) in [4.78, 5) is 0. The topological polar surface area (TPSA) is 0 Å². The van der Waals surface area contributed by atoms with Gasteiger partial charge in [-0.3, -0.25) is 0 Å². The molecule has 0 atom stereocenters. The molecular formula is C60H54. The molecule has 0 unspecified atom stereocenters. The second-order valence-corrected chi connectivity index (χ2v) is 18.9. The zero-order valence-corrected chi connectivity index (χ0v) is 36.3. The van der Waals surface area contributed by atoms with Crippen molar-refractivity contribution in [3.05, 3.63) is 179 Å². The Morgan fingerprint density at radius 1 is 0.350 bits per heavy atom. The average molecular weight is 775 g/mol. The first-order valence-corrected chi connectivity index (χ1v) is 22.5. The van der Waals surface area contributed by atoms with Gasteiger partial charge in [-0.15, -0.1) is 0 Å². The fraction of sp³-hybridized carbons (Fsp3) is 0.233. The van der Waals surface area contributed by atoms with E-state index >= 15 is 0 Å². The summed E-state index contributed by atoms with van der Waals surface area (Å²) in [5.74, 6) is 0. The van der Waals surface area contributed by atoms with E-state index in [1.54, 1.807) is 0 Å². The van der Waals surface area contributed by atoms with E-state index in [4.69, 9.17) is 0 Å².